The summed E-state index contributed by atoms with van der Waals surface area (Å²) in [6, 6.07) is 19.9. The number of rotatable bonds is 14. The monoisotopic (exact) mass is 383 g/mol. The summed E-state index contributed by atoms with van der Waals surface area (Å²) in [5, 5.41) is 13.4. The zero-order valence-electron chi connectivity index (χ0n) is 16.7. The van der Waals surface area contributed by atoms with Crippen LogP contribution in [0.4, 0.5) is 0 Å². The molecule has 1 atom stereocenters. The van der Waals surface area contributed by atoms with Crippen molar-refractivity contribution in [2.24, 2.45) is 0 Å². The number of carbonyl (C=O) groups is 1. The van der Waals surface area contributed by atoms with E-state index in [0.717, 1.165) is 50.6 Å². The summed E-state index contributed by atoms with van der Waals surface area (Å²) >= 11 is 0. The molecule has 2 N–H and O–H groups in total. The Bertz CT molecular complexity index is 645. The van der Waals surface area contributed by atoms with E-state index in [9.17, 15) is 9.90 Å². The van der Waals surface area contributed by atoms with Crippen LogP contribution in [0.2, 0.25) is 0 Å². The Hall–Kier alpha value is -2.17. The zero-order valence-corrected chi connectivity index (χ0v) is 16.7. The molecule has 0 aliphatic heterocycles. The molecular formula is C24H33NO3. The van der Waals surface area contributed by atoms with E-state index >= 15 is 0 Å². The lowest BCUT2D eigenvalue weighted by Crippen LogP contribution is -2.22. The maximum Gasteiger partial charge on any atom is 0.305 e. The van der Waals surface area contributed by atoms with E-state index in [1.807, 2.05) is 48.5 Å². The average Bonchev–Trinajstić information content (AvgIpc) is 2.73. The van der Waals surface area contributed by atoms with Gasteiger partial charge in [0.05, 0.1) is 12.7 Å². The van der Waals surface area contributed by atoms with Crippen molar-refractivity contribution in [1.29, 1.82) is 0 Å². The molecule has 0 saturated carbocycles. The minimum Gasteiger partial charge on any atom is -0.466 e. The van der Waals surface area contributed by atoms with Gasteiger partial charge in [0, 0.05) is 13.0 Å². The molecule has 0 fully saturated rings. The number of unbranched alkanes of at least 4 members (excludes halogenated alkanes) is 3. The Labute approximate surface area is 168 Å². The summed E-state index contributed by atoms with van der Waals surface area (Å²) in [6.45, 7) is 1.98. The summed E-state index contributed by atoms with van der Waals surface area (Å²) < 4.78 is 5.30. The smallest absolute Gasteiger partial charge is 0.305 e. The van der Waals surface area contributed by atoms with E-state index in [-0.39, 0.29) is 5.97 Å². The number of aliphatic hydroxyl groups excluding tert-OH is 1. The third-order valence-corrected chi connectivity index (χ3v) is 4.72. The van der Waals surface area contributed by atoms with Crippen molar-refractivity contribution in [3.05, 3.63) is 71.8 Å². The van der Waals surface area contributed by atoms with E-state index in [0.29, 0.717) is 19.6 Å². The van der Waals surface area contributed by atoms with Crippen molar-refractivity contribution < 1.29 is 14.6 Å². The van der Waals surface area contributed by atoms with E-state index in [1.165, 1.54) is 5.56 Å². The molecule has 1 unspecified atom stereocenters. The highest BCUT2D eigenvalue weighted by Gasteiger charge is 2.05. The fraction of sp³-hybridized carbons (Fsp3) is 0.458. The van der Waals surface area contributed by atoms with Crippen LogP contribution < -0.4 is 5.32 Å². The lowest BCUT2D eigenvalue weighted by atomic mass is 10.1. The van der Waals surface area contributed by atoms with Gasteiger partial charge in [-0.3, -0.25) is 4.79 Å². The van der Waals surface area contributed by atoms with Gasteiger partial charge in [0.1, 0.15) is 0 Å². The molecule has 0 aromatic heterocycles. The number of benzene rings is 2. The standard InChI is InChI=1S/C24H33NO3/c26-23(22-15-7-4-8-16-22)20-25-18-9-1-2-10-19-28-24(27)17-11-14-21-12-5-3-6-13-21/h3-8,12-13,15-16,23,25-26H,1-2,9-11,14,17-20H2. The average molecular weight is 384 g/mol. The lowest BCUT2D eigenvalue weighted by Gasteiger charge is -2.12. The minimum atomic E-state index is -0.456. The first kappa shape index (κ1) is 22.1. The molecule has 0 amide bonds. The number of carbonyl (C=O) groups excluding carboxylic acids is 1. The van der Waals surface area contributed by atoms with E-state index in [4.69, 9.17) is 4.74 Å². The predicted octanol–water partition coefficient (Wildman–Crippen LogP) is 4.44. The molecule has 2 aromatic rings. The molecule has 0 spiro atoms. The molecule has 4 nitrogen and oxygen atoms in total. The Morgan fingerprint density at radius 1 is 0.893 bits per heavy atom. The van der Waals surface area contributed by atoms with Crippen LogP contribution in [-0.4, -0.2) is 30.8 Å². The first-order valence-electron chi connectivity index (χ1n) is 10.4. The maximum atomic E-state index is 11.7. The quantitative estimate of drug-likeness (QED) is 0.374. The van der Waals surface area contributed by atoms with Gasteiger partial charge in [0.15, 0.2) is 0 Å². The van der Waals surface area contributed by atoms with Crippen LogP contribution in [0.15, 0.2) is 60.7 Å². The highest BCUT2D eigenvalue weighted by molar-refractivity contribution is 5.69. The number of nitrogens with one attached hydrogen (secondary N) is 1. The second-order valence-electron chi connectivity index (χ2n) is 7.10. The Morgan fingerprint density at radius 3 is 2.32 bits per heavy atom. The minimum absolute atomic E-state index is 0.0903. The molecule has 0 aliphatic rings. The van der Waals surface area contributed by atoms with Gasteiger partial charge in [-0.1, -0.05) is 73.5 Å². The normalized spacial score (nSPS) is 11.9. The van der Waals surface area contributed by atoms with Gasteiger partial charge in [0.25, 0.3) is 0 Å². The summed E-state index contributed by atoms with van der Waals surface area (Å²) in [6.07, 6.45) is 5.92. The topological polar surface area (TPSA) is 58.6 Å². The van der Waals surface area contributed by atoms with E-state index in [1.54, 1.807) is 0 Å². The highest BCUT2D eigenvalue weighted by Crippen LogP contribution is 2.10. The lowest BCUT2D eigenvalue weighted by molar-refractivity contribution is -0.143. The number of aliphatic hydroxyl groups is 1. The number of esters is 1. The molecule has 0 heterocycles. The molecule has 2 aromatic carbocycles. The van der Waals surface area contributed by atoms with Crippen LogP contribution in [0, 0.1) is 0 Å². The molecule has 0 aliphatic carbocycles. The molecule has 28 heavy (non-hydrogen) atoms. The van der Waals surface area contributed by atoms with Crippen molar-refractivity contribution in [3.8, 4) is 0 Å². The second-order valence-corrected chi connectivity index (χ2v) is 7.10. The van der Waals surface area contributed by atoms with Gasteiger partial charge in [-0.05, 0) is 43.4 Å². The third kappa shape index (κ3) is 9.67. The third-order valence-electron chi connectivity index (χ3n) is 4.72. The predicted molar refractivity (Wildman–Crippen MR) is 113 cm³/mol. The molecule has 2 rings (SSSR count). The SMILES string of the molecule is O=C(CCCc1ccccc1)OCCCCCCNCC(O)c1ccccc1. The van der Waals surface area contributed by atoms with Crippen LogP contribution in [-0.2, 0) is 16.0 Å². The number of hydrogen-bond acceptors (Lipinski definition) is 4. The van der Waals surface area contributed by atoms with Gasteiger partial charge in [0.2, 0.25) is 0 Å². The molecule has 152 valence electrons. The summed E-state index contributed by atoms with van der Waals surface area (Å²) in [4.78, 5) is 11.7. The molecular weight excluding hydrogens is 350 g/mol. The number of ether oxygens (including phenoxy) is 1. The molecule has 4 heteroatoms. The fourth-order valence-corrected chi connectivity index (χ4v) is 3.08. The zero-order chi connectivity index (χ0) is 19.9. The van der Waals surface area contributed by atoms with Gasteiger partial charge >= 0.3 is 5.97 Å². The second kappa shape index (κ2) is 13.9. The fourth-order valence-electron chi connectivity index (χ4n) is 3.08. The highest BCUT2D eigenvalue weighted by atomic mass is 16.5. The summed E-state index contributed by atoms with van der Waals surface area (Å²) in [5.41, 5.74) is 2.21. The molecule has 0 radical (unpaired) electrons. The first-order chi connectivity index (χ1) is 13.8. The number of aryl methyl sites for hydroxylation is 1. The van der Waals surface area contributed by atoms with Crippen molar-refractivity contribution in [2.75, 3.05) is 19.7 Å². The summed E-state index contributed by atoms with van der Waals surface area (Å²) in [7, 11) is 0. The van der Waals surface area contributed by atoms with Crippen LogP contribution in [0.5, 0.6) is 0 Å². The van der Waals surface area contributed by atoms with Gasteiger partial charge in [-0.15, -0.1) is 0 Å². The van der Waals surface area contributed by atoms with Crippen LogP contribution in [0.25, 0.3) is 0 Å². The molecule has 0 saturated heterocycles. The van der Waals surface area contributed by atoms with Gasteiger partial charge < -0.3 is 15.2 Å². The van der Waals surface area contributed by atoms with Crippen LogP contribution in [0.3, 0.4) is 0 Å². The maximum absolute atomic E-state index is 11.7. The molecule has 0 bridgehead atoms. The van der Waals surface area contributed by atoms with Crippen molar-refractivity contribution >= 4 is 5.97 Å². The van der Waals surface area contributed by atoms with Crippen molar-refractivity contribution in [3.63, 3.8) is 0 Å². The van der Waals surface area contributed by atoms with Crippen molar-refractivity contribution in [2.45, 2.75) is 51.0 Å². The number of hydrogen-bond donors (Lipinski definition) is 2. The Balaban J connectivity index is 1.37. The van der Waals surface area contributed by atoms with Crippen molar-refractivity contribution in [1.82, 2.24) is 5.32 Å². The van der Waals surface area contributed by atoms with Crippen LogP contribution in [0.1, 0.15) is 55.8 Å². The van der Waals surface area contributed by atoms with Gasteiger partial charge in [-0.2, -0.15) is 0 Å². The summed E-state index contributed by atoms with van der Waals surface area (Å²) in [5.74, 6) is -0.0903. The Kier molecular flexibility index (Phi) is 11.0. The van der Waals surface area contributed by atoms with E-state index < -0.39 is 6.10 Å². The van der Waals surface area contributed by atoms with E-state index in [2.05, 4.69) is 17.4 Å². The Morgan fingerprint density at radius 2 is 1.57 bits per heavy atom. The van der Waals surface area contributed by atoms with Gasteiger partial charge in [-0.25, -0.2) is 0 Å². The largest absolute Gasteiger partial charge is 0.466 e. The first-order valence-corrected chi connectivity index (χ1v) is 10.4. The van der Waals surface area contributed by atoms with Crippen LogP contribution >= 0.6 is 0 Å².